The predicted molar refractivity (Wildman–Crippen MR) is 576 cm³/mol. The molecular weight excluding hydrogens is 1810 g/mol. The molecule has 2 aliphatic carbocycles. The first-order valence-corrected chi connectivity index (χ1v) is 48.2. The van der Waals surface area contributed by atoms with Gasteiger partial charge in [0.15, 0.2) is 52.4 Å². The molecule has 0 amide bonds. The molecule has 0 aliphatic heterocycles. The number of fused-ring (bicyclic) bond motifs is 8. The summed E-state index contributed by atoms with van der Waals surface area (Å²) in [6.45, 7) is 8.55. The molecule has 20 aromatic carbocycles. The fourth-order valence-electron chi connectivity index (χ4n) is 19.8. The van der Waals surface area contributed by atoms with E-state index < -0.39 is 10.8 Å². The molecule has 0 N–H and O–H groups in total. The number of rotatable bonds is 16. The van der Waals surface area contributed by atoms with Gasteiger partial charge in [-0.25, -0.2) is 71.2 Å². The van der Waals surface area contributed by atoms with Gasteiger partial charge in [0.25, 0.3) is 0 Å². The molecule has 0 saturated heterocycles. The molecule has 23 aromatic rings. The molecule has 0 atom stereocenters. The average molecular weight is 1900 g/mol. The van der Waals surface area contributed by atoms with Crippen molar-refractivity contribution in [3.63, 3.8) is 0 Å². The van der Waals surface area contributed by atoms with Gasteiger partial charge in [-0.3, -0.25) is 0 Å². The first-order chi connectivity index (χ1) is 71.2. The molecule has 9 nitrogen and oxygen atoms in total. The van der Waals surface area contributed by atoms with Gasteiger partial charge >= 0.3 is 0 Å². The van der Waals surface area contributed by atoms with Crippen molar-refractivity contribution in [1.29, 1.82) is 0 Å². The normalized spacial score (nSPS) is 12.3. The van der Waals surface area contributed by atoms with Crippen LogP contribution in [0.15, 0.2) is 455 Å². The van der Waals surface area contributed by atoms with Crippen LogP contribution in [0.2, 0.25) is 0 Å². The van der Waals surface area contributed by atoms with Crippen molar-refractivity contribution in [3.8, 4) is 203 Å². The zero-order valence-corrected chi connectivity index (χ0v) is 79.6. The number of aromatic nitrogens is 9. The van der Waals surface area contributed by atoms with Crippen molar-refractivity contribution in [1.82, 2.24) is 44.9 Å². The molecule has 2 aliphatic rings. The van der Waals surface area contributed by atoms with Crippen LogP contribution in [-0.4, -0.2) is 44.9 Å². The van der Waals surface area contributed by atoms with Crippen LogP contribution in [0.1, 0.15) is 49.9 Å². The highest BCUT2D eigenvalue weighted by Crippen LogP contribution is 2.53. The minimum absolute atomic E-state index is 0.238. The van der Waals surface area contributed by atoms with Crippen LogP contribution in [0.4, 0.5) is 26.3 Å². The smallest absolute Gasteiger partial charge is 0.164 e. The lowest BCUT2D eigenvalue weighted by Gasteiger charge is -2.22. The summed E-state index contributed by atoms with van der Waals surface area (Å²) in [5.74, 6) is 2.97. The highest BCUT2D eigenvalue weighted by atomic mass is 19.1. The molecule has 25 rings (SSSR count). The van der Waals surface area contributed by atoms with E-state index in [0.717, 1.165) is 145 Å². The Morgan fingerprint density at radius 3 is 0.568 bits per heavy atom. The van der Waals surface area contributed by atoms with E-state index in [1.165, 1.54) is 65.2 Å². The lowest BCUT2D eigenvalue weighted by atomic mass is 9.82. The first kappa shape index (κ1) is 91.3. The molecule has 3 heterocycles. The maximum absolute atomic E-state index is 14.8. The Morgan fingerprint density at radius 2 is 0.308 bits per heavy atom. The Hall–Kier alpha value is -18.5. The molecule has 698 valence electrons. The molecule has 146 heavy (non-hydrogen) atoms. The predicted octanol–water partition coefficient (Wildman–Crippen LogP) is 34.0. The van der Waals surface area contributed by atoms with Crippen molar-refractivity contribution < 1.29 is 26.3 Å². The van der Waals surface area contributed by atoms with Crippen LogP contribution >= 0.6 is 0 Å². The minimum atomic E-state index is -0.406. The highest BCUT2D eigenvalue weighted by Gasteiger charge is 2.39. The van der Waals surface area contributed by atoms with Crippen LogP contribution in [0.25, 0.3) is 224 Å². The number of hydrogen-bond acceptors (Lipinski definition) is 9. The van der Waals surface area contributed by atoms with E-state index in [9.17, 15) is 26.3 Å². The third kappa shape index (κ3) is 18.1. The molecule has 0 saturated carbocycles. The lowest BCUT2D eigenvalue weighted by molar-refractivity contribution is 0.609. The lowest BCUT2D eigenvalue weighted by Crippen LogP contribution is -2.15. The van der Waals surface area contributed by atoms with Gasteiger partial charge in [-0.2, -0.15) is 0 Å². The topological polar surface area (TPSA) is 116 Å². The van der Waals surface area contributed by atoms with Crippen molar-refractivity contribution in [2.75, 3.05) is 0 Å². The number of nitrogens with zero attached hydrogens (tertiary/aromatic N) is 9. The van der Waals surface area contributed by atoms with Gasteiger partial charge in [0.1, 0.15) is 34.9 Å². The maximum Gasteiger partial charge on any atom is 0.164 e. The van der Waals surface area contributed by atoms with E-state index in [4.69, 9.17) is 44.9 Å². The third-order valence-electron chi connectivity index (χ3n) is 27.8. The number of halogens is 6. The SMILES string of the molecule is CC1(C)c2cc(F)ccc2-c2ccc(-c3nc(-c4ccc(-c5ccc(-c6ccccc6)cc5)cc4)nc(-c4ccc5c(c4)C(C)(C)c4cc(F)ccc4-5)n3)cc21.Fc1ccc(-c2ccc(-c3nc(-c4ccc(-c5ccccc5)cc4)nc(-c4ccc(-c5ccc(F)cc5)cc4)n3)cc2)cc1.Fc1ccc(-c2nc(-c3ccc(-c4ccc(-c5ccccc5)cc4)cc3)nc(-c3ccc(F)c4ccccc34)n2)c2ccccc12. The van der Waals surface area contributed by atoms with Gasteiger partial charge in [-0.15, -0.1) is 0 Å². The van der Waals surface area contributed by atoms with Crippen molar-refractivity contribution in [2.45, 2.75) is 38.5 Å². The second kappa shape index (κ2) is 38.5. The van der Waals surface area contributed by atoms with Crippen LogP contribution < -0.4 is 0 Å². The van der Waals surface area contributed by atoms with Crippen LogP contribution in [-0.2, 0) is 10.8 Å². The maximum atomic E-state index is 14.8. The van der Waals surface area contributed by atoms with Gasteiger partial charge in [0.2, 0.25) is 0 Å². The van der Waals surface area contributed by atoms with Crippen LogP contribution in [0, 0.1) is 34.9 Å². The monoisotopic (exact) mass is 1900 g/mol. The summed E-state index contributed by atoms with van der Waals surface area (Å²) in [7, 11) is 0. The van der Waals surface area contributed by atoms with E-state index in [-0.39, 0.29) is 34.9 Å². The Balaban J connectivity index is 0.000000122. The molecular formula is C131H87F6N9. The first-order valence-electron chi connectivity index (χ1n) is 48.2. The summed E-state index contributed by atoms with van der Waals surface area (Å²) in [5.41, 5.74) is 30.0. The van der Waals surface area contributed by atoms with Crippen molar-refractivity contribution in [3.05, 3.63) is 512 Å². The zero-order chi connectivity index (χ0) is 99.3. The van der Waals surface area contributed by atoms with Gasteiger partial charge in [-0.05, 0) is 218 Å². The second-order valence-electron chi connectivity index (χ2n) is 37.5. The Morgan fingerprint density at radius 1 is 0.137 bits per heavy atom. The van der Waals surface area contributed by atoms with E-state index in [2.05, 4.69) is 210 Å². The van der Waals surface area contributed by atoms with E-state index in [0.29, 0.717) is 85.1 Å². The summed E-state index contributed by atoms with van der Waals surface area (Å²) in [6, 6.07) is 145. The fourth-order valence-corrected chi connectivity index (χ4v) is 19.8. The molecule has 0 spiro atoms. The van der Waals surface area contributed by atoms with Crippen LogP contribution in [0.5, 0.6) is 0 Å². The molecule has 0 fully saturated rings. The summed E-state index contributed by atoms with van der Waals surface area (Å²) in [4.78, 5) is 44.7. The quantitative estimate of drug-likeness (QED) is 0.0872. The molecule has 0 radical (unpaired) electrons. The summed E-state index contributed by atoms with van der Waals surface area (Å²) in [6.07, 6.45) is 0. The minimum Gasteiger partial charge on any atom is -0.208 e. The number of hydrogen-bond donors (Lipinski definition) is 0. The van der Waals surface area contributed by atoms with Gasteiger partial charge in [0, 0.05) is 71.7 Å². The van der Waals surface area contributed by atoms with E-state index in [1.54, 1.807) is 72.8 Å². The summed E-state index contributed by atoms with van der Waals surface area (Å²) >= 11 is 0. The van der Waals surface area contributed by atoms with E-state index in [1.807, 2.05) is 152 Å². The Kier molecular flexibility index (Phi) is 24.1. The largest absolute Gasteiger partial charge is 0.208 e. The van der Waals surface area contributed by atoms with E-state index >= 15 is 0 Å². The zero-order valence-electron chi connectivity index (χ0n) is 79.6. The summed E-state index contributed by atoms with van der Waals surface area (Å²) in [5, 5.41) is 2.37. The molecule has 0 bridgehead atoms. The van der Waals surface area contributed by atoms with Gasteiger partial charge < -0.3 is 0 Å². The molecule has 15 heteroatoms. The molecule has 3 aromatic heterocycles. The van der Waals surface area contributed by atoms with Crippen molar-refractivity contribution in [2.24, 2.45) is 0 Å². The molecule has 0 unspecified atom stereocenters. The fraction of sp³-hybridized carbons (Fsp3) is 0.0458. The van der Waals surface area contributed by atoms with Gasteiger partial charge in [0.05, 0.1) is 0 Å². The van der Waals surface area contributed by atoms with Crippen molar-refractivity contribution >= 4 is 21.5 Å². The summed E-state index contributed by atoms with van der Waals surface area (Å²) < 4.78 is 85.4. The average Bonchev–Trinajstić information content (AvgIpc) is 1.58. The third-order valence-corrected chi connectivity index (χ3v) is 27.8. The standard InChI is InChI=1S/C51H37F2N3.C41H25F2N3.C39H25F2N3/c1-50(2)43-26-35(18-22-39(43)41-24-20-37(52)28-45(41)50)48-54-47(34-16-14-33(15-17-34)32-12-10-31(11-13-32)30-8-6-5-7-9-30)55-49(56-48)36-19-23-40-42-25-21-38(53)29-46(42)51(3,4)44(40)27-36;42-37-24-22-35(31-10-4-6-12-33(31)37)40-44-39(45-41(46-40)36-23-25-38(43)34-13-7-5-11-32(34)36)30-20-18-29(19-21-30)28-16-14-27(15-17-28)26-8-2-1-3-9-26;40-35-22-18-30(19-23-35)28-8-14-33(15-9-28)38-42-37(32-12-6-27(7-13-32)26-4-2-1-3-5-26)43-39(44-38)34-16-10-29(11-17-34)31-20-24-36(41)25-21-31/h5-29H,1-4H3;1-25H;1-25H. The van der Waals surface area contributed by atoms with Crippen LogP contribution in [0.3, 0.4) is 0 Å². The highest BCUT2D eigenvalue weighted by molar-refractivity contribution is 5.99. The Labute approximate surface area is 840 Å². The number of benzene rings is 20. The Bertz CT molecular complexity index is 8550. The van der Waals surface area contributed by atoms with Gasteiger partial charge in [-0.1, -0.05) is 398 Å². The second-order valence-corrected chi connectivity index (χ2v) is 37.5.